The fourth-order valence-corrected chi connectivity index (χ4v) is 6.23. The lowest BCUT2D eigenvalue weighted by Crippen LogP contribution is -2.74. The molecule has 18 heteroatoms. The van der Waals surface area contributed by atoms with Gasteiger partial charge in [-0.25, -0.2) is 8.42 Å². The first-order valence-corrected chi connectivity index (χ1v) is 13.9. The maximum atomic E-state index is 13.8. The molecule has 14 nitrogen and oxygen atoms in total. The number of carbonyl (C=O) groups is 3. The Kier molecular flexibility index (Phi) is 9.94. The van der Waals surface area contributed by atoms with E-state index < -0.39 is 80.8 Å². The standard InChI is InChI=1S/C23H30F3N5O9S/c1-16(32)40-14-18-13-29(41(37,38)19-5-3-17(4-6-19)31(35)36)15-22(2,30(18)21(34)23(24,25)26)20(33)27-7-8-28-9-11-39-12-10-28/h3-6,18H,7-15H2,1-2H3,(H,27,33)/t18-,22-/m1/s1. The molecule has 1 aromatic carbocycles. The summed E-state index contributed by atoms with van der Waals surface area (Å²) >= 11 is 0. The number of hydrogen-bond acceptors (Lipinski definition) is 10. The van der Waals surface area contributed by atoms with Gasteiger partial charge in [-0.05, 0) is 19.1 Å². The van der Waals surface area contributed by atoms with Crippen LogP contribution in [0.2, 0.25) is 0 Å². The largest absolute Gasteiger partial charge is 0.471 e. The summed E-state index contributed by atoms with van der Waals surface area (Å²) in [5.74, 6) is -4.37. The second-order valence-electron chi connectivity index (χ2n) is 9.66. The first kappa shape index (κ1) is 32.2. The van der Waals surface area contributed by atoms with Crippen LogP contribution in [0.15, 0.2) is 29.2 Å². The third-order valence-electron chi connectivity index (χ3n) is 6.73. The Morgan fingerprint density at radius 3 is 2.34 bits per heavy atom. The van der Waals surface area contributed by atoms with Crippen molar-refractivity contribution in [2.75, 3.05) is 59.1 Å². The molecule has 2 atom stereocenters. The molecule has 228 valence electrons. The van der Waals surface area contributed by atoms with Crippen molar-refractivity contribution < 1.29 is 50.4 Å². The summed E-state index contributed by atoms with van der Waals surface area (Å²) in [5, 5.41) is 13.5. The molecule has 2 saturated heterocycles. The number of morpholine rings is 1. The van der Waals surface area contributed by atoms with Crippen LogP contribution in [0, 0.1) is 10.1 Å². The summed E-state index contributed by atoms with van der Waals surface area (Å²) in [7, 11) is -4.55. The van der Waals surface area contributed by atoms with Crippen LogP contribution in [0.3, 0.4) is 0 Å². The van der Waals surface area contributed by atoms with Crippen molar-refractivity contribution in [1.29, 1.82) is 0 Å². The Morgan fingerprint density at radius 2 is 1.80 bits per heavy atom. The number of alkyl halides is 3. The summed E-state index contributed by atoms with van der Waals surface area (Å²) in [6, 6.07) is 2.06. The second-order valence-corrected chi connectivity index (χ2v) is 11.6. The van der Waals surface area contributed by atoms with Crippen LogP contribution in [0.1, 0.15) is 13.8 Å². The van der Waals surface area contributed by atoms with Gasteiger partial charge in [0.1, 0.15) is 12.1 Å². The number of ether oxygens (including phenoxy) is 2. The number of halogens is 3. The number of sulfonamides is 1. The molecule has 0 aliphatic carbocycles. The Labute approximate surface area is 233 Å². The highest BCUT2D eigenvalue weighted by Gasteiger charge is 2.58. The van der Waals surface area contributed by atoms with Gasteiger partial charge >= 0.3 is 18.1 Å². The van der Waals surface area contributed by atoms with Gasteiger partial charge in [-0.1, -0.05) is 0 Å². The second kappa shape index (κ2) is 12.7. The van der Waals surface area contributed by atoms with Crippen LogP contribution in [0.5, 0.6) is 0 Å². The van der Waals surface area contributed by atoms with Crippen molar-refractivity contribution in [2.45, 2.75) is 36.5 Å². The summed E-state index contributed by atoms with van der Waals surface area (Å²) in [6.45, 7) is 1.86. The lowest BCUT2D eigenvalue weighted by Gasteiger charge is -2.51. The van der Waals surface area contributed by atoms with Crippen molar-refractivity contribution in [2.24, 2.45) is 0 Å². The molecule has 0 aromatic heterocycles. The van der Waals surface area contributed by atoms with Gasteiger partial charge in [-0.15, -0.1) is 0 Å². The van der Waals surface area contributed by atoms with E-state index in [0.29, 0.717) is 37.2 Å². The molecule has 0 spiro atoms. The molecule has 2 aliphatic heterocycles. The minimum absolute atomic E-state index is 0.0216. The predicted octanol–water partition coefficient (Wildman–Crippen LogP) is 0.129. The average Bonchev–Trinajstić information content (AvgIpc) is 2.91. The van der Waals surface area contributed by atoms with Gasteiger partial charge in [-0.2, -0.15) is 17.5 Å². The third-order valence-corrected chi connectivity index (χ3v) is 8.55. The molecule has 0 unspecified atom stereocenters. The number of nitrogens with zero attached hydrogens (tertiary/aromatic N) is 4. The number of hydrogen-bond donors (Lipinski definition) is 1. The predicted molar refractivity (Wildman–Crippen MR) is 134 cm³/mol. The molecule has 0 saturated carbocycles. The van der Waals surface area contributed by atoms with Crippen LogP contribution in [-0.2, 0) is 33.9 Å². The Morgan fingerprint density at radius 1 is 1.20 bits per heavy atom. The quantitative estimate of drug-likeness (QED) is 0.231. The van der Waals surface area contributed by atoms with E-state index in [4.69, 9.17) is 9.47 Å². The molecule has 1 aromatic rings. The molecule has 2 amide bonds. The average molecular weight is 610 g/mol. The van der Waals surface area contributed by atoms with Crippen LogP contribution in [-0.4, -0.2) is 122 Å². The van der Waals surface area contributed by atoms with E-state index in [0.717, 1.165) is 38.1 Å². The maximum Gasteiger partial charge on any atom is 0.471 e. The number of benzene rings is 1. The van der Waals surface area contributed by atoms with Crippen LogP contribution in [0.4, 0.5) is 18.9 Å². The van der Waals surface area contributed by atoms with E-state index in [1.807, 2.05) is 4.90 Å². The molecule has 3 rings (SSSR count). The van der Waals surface area contributed by atoms with Crippen molar-refractivity contribution in [3.05, 3.63) is 34.4 Å². The first-order valence-electron chi connectivity index (χ1n) is 12.4. The molecule has 1 N–H and O–H groups in total. The Hall–Kier alpha value is -3.35. The Bertz CT molecular complexity index is 1260. The van der Waals surface area contributed by atoms with Gasteiger partial charge in [-0.3, -0.25) is 29.4 Å². The number of rotatable bonds is 9. The molecule has 41 heavy (non-hydrogen) atoms. The van der Waals surface area contributed by atoms with Crippen molar-refractivity contribution in [3.63, 3.8) is 0 Å². The molecule has 0 bridgehead atoms. The first-order chi connectivity index (χ1) is 19.1. The molecule has 0 radical (unpaired) electrons. The Balaban J connectivity index is 1.99. The normalized spacial score (nSPS) is 22.7. The zero-order valence-corrected chi connectivity index (χ0v) is 23.1. The van der Waals surface area contributed by atoms with Crippen LogP contribution < -0.4 is 5.32 Å². The van der Waals surface area contributed by atoms with Crippen LogP contribution in [0.25, 0.3) is 0 Å². The lowest BCUT2D eigenvalue weighted by molar-refractivity contribution is -0.384. The van der Waals surface area contributed by atoms with Gasteiger partial charge < -0.3 is 19.7 Å². The third kappa shape index (κ3) is 7.49. The molecular formula is C23H30F3N5O9S. The van der Waals surface area contributed by atoms with E-state index in [1.54, 1.807) is 0 Å². The van der Waals surface area contributed by atoms with Crippen molar-refractivity contribution in [1.82, 2.24) is 19.4 Å². The van der Waals surface area contributed by atoms with Crippen LogP contribution >= 0.6 is 0 Å². The van der Waals surface area contributed by atoms with E-state index >= 15 is 0 Å². The maximum absolute atomic E-state index is 13.8. The minimum atomic E-state index is -5.44. The number of carbonyl (C=O) groups excluding carboxylic acids is 3. The molecule has 2 fully saturated rings. The van der Waals surface area contributed by atoms with Crippen molar-refractivity contribution >= 4 is 33.5 Å². The number of nitro benzene ring substituents is 1. The summed E-state index contributed by atoms with van der Waals surface area (Å²) in [5.41, 5.74) is -2.80. The monoisotopic (exact) mass is 609 g/mol. The fraction of sp³-hybridized carbons (Fsp3) is 0.609. The van der Waals surface area contributed by atoms with Gasteiger partial charge in [0.15, 0.2) is 0 Å². The summed E-state index contributed by atoms with van der Waals surface area (Å²) in [6.07, 6.45) is -5.44. The molecule has 2 heterocycles. The fourth-order valence-electron chi connectivity index (χ4n) is 4.67. The molecule has 2 aliphatic rings. The lowest BCUT2D eigenvalue weighted by atomic mass is 9.92. The number of nitro groups is 1. The smallest absolute Gasteiger partial charge is 0.464 e. The number of nitrogens with one attached hydrogen (secondary N) is 1. The van der Waals surface area contributed by atoms with E-state index in [1.165, 1.54) is 0 Å². The van der Waals surface area contributed by atoms with E-state index in [9.17, 15) is 46.1 Å². The number of esters is 1. The van der Waals surface area contributed by atoms with Crippen molar-refractivity contribution in [3.8, 4) is 0 Å². The number of amides is 2. The molecular weight excluding hydrogens is 579 g/mol. The van der Waals surface area contributed by atoms with Gasteiger partial charge in [0.25, 0.3) is 5.69 Å². The van der Waals surface area contributed by atoms with Gasteiger partial charge in [0, 0.05) is 58.3 Å². The number of non-ortho nitro benzene ring substituents is 1. The topological polar surface area (TPSA) is 169 Å². The SMILES string of the molecule is CC(=O)OC[C@H]1CN(S(=O)(=O)c2ccc([N+](=O)[O-])cc2)C[C@](C)(C(=O)NCCN2CCOCC2)N1C(=O)C(F)(F)F. The highest BCUT2D eigenvalue weighted by molar-refractivity contribution is 7.89. The highest BCUT2D eigenvalue weighted by Crippen LogP contribution is 2.34. The van der Waals surface area contributed by atoms with Gasteiger partial charge in [0.2, 0.25) is 15.9 Å². The zero-order valence-electron chi connectivity index (χ0n) is 22.3. The summed E-state index contributed by atoms with van der Waals surface area (Å²) < 4.78 is 79.2. The highest BCUT2D eigenvalue weighted by atomic mass is 32.2. The summed E-state index contributed by atoms with van der Waals surface area (Å²) in [4.78, 5) is 49.6. The van der Waals surface area contributed by atoms with Gasteiger partial charge in [0.05, 0.1) is 29.1 Å². The zero-order chi connectivity index (χ0) is 30.6. The van der Waals surface area contributed by atoms with E-state index in [2.05, 4.69) is 5.32 Å². The number of piperazine rings is 1. The van der Waals surface area contributed by atoms with E-state index in [-0.39, 0.29) is 11.4 Å². The minimum Gasteiger partial charge on any atom is -0.464 e.